The highest BCUT2D eigenvalue weighted by Gasteiger charge is 2.34. The number of nitriles is 1. The van der Waals surface area contributed by atoms with Gasteiger partial charge in [-0.05, 0) is 25.1 Å². The number of nitrogens with zero attached hydrogens (tertiary/aromatic N) is 2. The molecule has 0 N–H and O–H groups in total. The monoisotopic (exact) mass is 278 g/mol. The Hall–Kier alpha value is -2.20. The fraction of sp³-hybridized carbons (Fsp3) is 0.250. The number of rotatable bonds is 2. The zero-order valence-corrected chi connectivity index (χ0v) is 10.9. The smallest absolute Gasteiger partial charge is 0.243 e. The second-order valence-electron chi connectivity index (χ2n) is 4.14. The zero-order valence-electron chi connectivity index (χ0n) is 10.1. The number of carbonyl (C=O) groups is 2. The van der Waals surface area contributed by atoms with Crippen molar-refractivity contribution < 1.29 is 18.0 Å². The summed E-state index contributed by atoms with van der Waals surface area (Å²) in [5.74, 6) is -1.55. The Labute approximate surface area is 110 Å². The van der Waals surface area contributed by atoms with Crippen molar-refractivity contribution in [3.63, 3.8) is 0 Å². The first-order valence-electron chi connectivity index (χ1n) is 5.42. The van der Waals surface area contributed by atoms with Gasteiger partial charge in [0.15, 0.2) is 15.6 Å². The molecule has 0 atom stereocenters. The molecule has 98 valence electrons. The number of anilines is 1. The lowest BCUT2D eigenvalue weighted by Crippen LogP contribution is -2.41. The maximum atomic E-state index is 11.9. The van der Waals surface area contributed by atoms with Gasteiger partial charge >= 0.3 is 0 Å². The van der Waals surface area contributed by atoms with Crippen molar-refractivity contribution in [3.05, 3.63) is 23.8 Å². The van der Waals surface area contributed by atoms with Gasteiger partial charge in [-0.25, -0.2) is 8.42 Å². The molecule has 0 unspecified atom stereocenters. The van der Waals surface area contributed by atoms with Crippen LogP contribution < -0.4 is 4.90 Å². The minimum absolute atomic E-state index is 0.0210. The molecule has 0 saturated heterocycles. The van der Waals surface area contributed by atoms with E-state index in [0.717, 1.165) is 4.90 Å². The average Bonchev–Trinajstić information content (AvgIpc) is 2.33. The van der Waals surface area contributed by atoms with Crippen molar-refractivity contribution in [2.75, 3.05) is 17.2 Å². The molecule has 1 amide bonds. The molecular formula is C12H10N2O4S. The Morgan fingerprint density at radius 3 is 2.74 bits per heavy atom. The van der Waals surface area contributed by atoms with Crippen molar-refractivity contribution in [1.82, 2.24) is 0 Å². The standard InChI is InChI=1S/C12H10N2O4S/c1-8(15)9-2-3-11-10(6-9)14(5-4-13)12(16)7-19(11,17)18/h2-3,6H,5,7H2,1H3. The van der Waals surface area contributed by atoms with Gasteiger partial charge < -0.3 is 0 Å². The summed E-state index contributed by atoms with van der Waals surface area (Å²) in [5.41, 5.74) is 0.400. The van der Waals surface area contributed by atoms with Gasteiger partial charge in [0.05, 0.1) is 16.7 Å². The third-order valence-corrected chi connectivity index (χ3v) is 4.48. The van der Waals surface area contributed by atoms with Gasteiger partial charge in [0.1, 0.15) is 12.3 Å². The van der Waals surface area contributed by atoms with Gasteiger partial charge in [-0.1, -0.05) is 0 Å². The predicted octanol–water partition coefficient (Wildman–Crippen LogP) is 0.533. The van der Waals surface area contributed by atoms with Crippen LogP contribution in [0.25, 0.3) is 0 Å². The summed E-state index contributed by atoms with van der Waals surface area (Å²) in [6.07, 6.45) is 0. The van der Waals surface area contributed by atoms with E-state index in [1.54, 1.807) is 0 Å². The molecule has 0 saturated carbocycles. The van der Waals surface area contributed by atoms with Crippen LogP contribution in [-0.2, 0) is 14.6 Å². The Balaban J connectivity index is 2.70. The predicted molar refractivity (Wildman–Crippen MR) is 66.5 cm³/mol. The summed E-state index contributed by atoms with van der Waals surface area (Å²) >= 11 is 0. The van der Waals surface area contributed by atoms with Crippen LogP contribution in [0.2, 0.25) is 0 Å². The lowest BCUT2D eigenvalue weighted by atomic mass is 10.1. The summed E-state index contributed by atoms with van der Waals surface area (Å²) in [4.78, 5) is 24.1. The van der Waals surface area contributed by atoms with Crippen molar-refractivity contribution in [3.8, 4) is 6.07 Å². The second-order valence-corrected chi connectivity index (χ2v) is 6.09. The van der Waals surface area contributed by atoms with Crippen molar-refractivity contribution in [2.24, 2.45) is 0 Å². The molecule has 1 heterocycles. The number of sulfone groups is 1. The third-order valence-electron chi connectivity index (χ3n) is 2.83. The van der Waals surface area contributed by atoms with Crippen molar-refractivity contribution in [2.45, 2.75) is 11.8 Å². The van der Waals surface area contributed by atoms with E-state index >= 15 is 0 Å². The van der Waals surface area contributed by atoms with E-state index in [1.807, 2.05) is 6.07 Å². The van der Waals surface area contributed by atoms with Gasteiger partial charge in [0, 0.05) is 5.56 Å². The Bertz CT molecular complexity index is 716. The van der Waals surface area contributed by atoms with Gasteiger partial charge in [-0.15, -0.1) is 0 Å². The van der Waals surface area contributed by atoms with E-state index in [1.165, 1.54) is 25.1 Å². The Kier molecular flexibility index (Phi) is 3.12. The third kappa shape index (κ3) is 2.22. The number of carbonyl (C=O) groups excluding carboxylic acids is 2. The van der Waals surface area contributed by atoms with Gasteiger partial charge in [-0.3, -0.25) is 14.5 Å². The van der Waals surface area contributed by atoms with Crippen LogP contribution >= 0.6 is 0 Å². The molecule has 0 bridgehead atoms. The number of benzene rings is 1. The van der Waals surface area contributed by atoms with Crippen LogP contribution in [0.5, 0.6) is 0 Å². The highest BCUT2D eigenvalue weighted by atomic mass is 32.2. The molecule has 1 aromatic rings. The average molecular weight is 278 g/mol. The second kappa shape index (κ2) is 4.48. The molecule has 2 rings (SSSR count). The topological polar surface area (TPSA) is 95.3 Å². The summed E-state index contributed by atoms with van der Waals surface area (Å²) in [5, 5.41) is 8.71. The lowest BCUT2D eigenvalue weighted by molar-refractivity contribution is -0.116. The molecule has 0 spiro atoms. The number of hydrogen-bond acceptors (Lipinski definition) is 5. The number of ketones is 1. The SMILES string of the molecule is CC(=O)c1ccc2c(c1)N(CC#N)C(=O)CS2(=O)=O. The number of hydrogen-bond donors (Lipinski definition) is 0. The normalized spacial score (nSPS) is 16.6. The molecule has 1 aliphatic rings. The van der Waals surface area contributed by atoms with Crippen LogP contribution in [0.15, 0.2) is 23.1 Å². The van der Waals surface area contributed by atoms with Crippen LogP contribution in [0, 0.1) is 11.3 Å². The fourth-order valence-electron chi connectivity index (χ4n) is 1.91. The highest BCUT2D eigenvalue weighted by molar-refractivity contribution is 7.92. The van der Waals surface area contributed by atoms with E-state index in [9.17, 15) is 18.0 Å². The maximum Gasteiger partial charge on any atom is 0.243 e. The summed E-state index contributed by atoms with van der Waals surface area (Å²) in [6.45, 7) is 1.10. The Morgan fingerprint density at radius 2 is 2.16 bits per heavy atom. The summed E-state index contributed by atoms with van der Waals surface area (Å²) < 4.78 is 23.8. The molecular weight excluding hydrogens is 268 g/mol. The molecule has 1 aliphatic heterocycles. The van der Waals surface area contributed by atoms with E-state index in [-0.39, 0.29) is 22.9 Å². The van der Waals surface area contributed by atoms with E-state index < -0.39 is 21.5 Å². The minimum atomic E-state index is -3.70. The van der Waals surface area contributed by atoms with Crippen LogP contribution in [0.3, 0.4) is 0 Å². The Morgan fingerprint density at radius 1 is 1.47 bits per heavy atom. The van der Waals surface area contributed by atoms with E-state index in [0.29, 0.717) is 5.56 Å². The molecule has 7 heteroatoms. The first-order valence-corrected chi connectivity index (χ1v) is 7.07. The summed E-state index contributed by atoms with van der Waals surface area (Å²) in [7, 11) is -3.70. The first kappa shape index (κ1) is 13.2. The minimum Gasteiger partial charge on any atom is -0.296 e. The quantitative estimate of drug-likeness (QED) is 0.581. The van der Waals surface area contributed by atoms with Crippen LogP contribution in [0.4, 0.5) is 5.69 Å². The largest absolute Gasteiger partial charge is 0.296 e. The summed E-state index contributed by atoms with van der Waals surface area (Å²) in [6, 6.07) is 5.85. The molecule has 0 aliphatic carbocycles. The molecule has 6 nitrogen and oxygen atoms in total. The highest BCUT2D eigenvalue weighted by Crippen LogP contribution is 2.32. The maximum absolute atomic E-state index is 11.9. The molecule has 0 radical (unpaired) electrons. The molecule has 0 aromatic heterocycles. The molecule has 19 heavy (non-hydrogen) atoms. The van der Waals surface area contributed by atoms with Crippen molar-refractivity contribution in [1.29, 1.82) is 5.26 Å². The fourth-order valence-corrected chi connectivity index (χ4v) is 3.31. The number of amides is 1. The van der Waals surface area contributed by atoms with Crippen LogP contribution in [0.1, 0.15) is 17.3 Å². The van der Waals surface area contributed by atoms with Crippen LogP contribution in [-0.4, -0.2) is 32.4 Å². The van der Waals surface area contributed by atoms with Crippen molar-refractivity contribution >= 4 is 27.2 Å². The zero-order chi connectivity index (χ0) is 14.2. The first-order chi connectivity index (χ1) is 8.86. The van der Waals surface area contributed by atoms with E-state index in [4.69, 9.17) is 5.26 Å². The van der Waals surface area contributed by atoms with Gasteiger partial charge in [0.25, 0.3) is 0 Å². The molecule has 1 aromatic carbocycles. The van der Waals surface area contributed by atoms with E-state index in [2.05, 4.69) is 0 Å². The van der Waals surface area contributed by atoms with Gasteiger partial charge in [-0.2, -0.15) is 5.26 Å². The molecule has 0 fully saturated rings. The lowest BCUT2D eigenvalue weighted by Gasteiger charge is -2.27. The van der Waals surface area contributed by atoms with Gasteiger partial charge in [0.2, 0.25) is 5.91 Å². The number of Topliss-reactive ketones (excluding diaryl/α,β-unsaturated/α-hetero) is 1. The number of fused-ring (bicyclic) bond motifs is 1.